The zero-order valence-corrected chi connectivity index (χ0v) is 15.1. The fourth-order valence-corrected chi connectivity index (χ4v) is 3.66. The van der Waals surface area contributed by atoms with Crippen molar-refractivity contribution in [2.45, 2.75) is 4.90 Å². The molecule has 0 aliphatic carbocycles. The normalized spacial score (nSPS) is 11.3. The molecule has 0 atom stereocenters. The molecule has 1 aromatic heterocycles. The van der Waals surface area contributed by atoms with Gasteiger partial charge in [-0.1, -0.05) is 6.07 Å². The Bertz CT molecular complexity index is 1020. The summed E-state index contributed by atoms with van der Waals surface area (Å²) in [7, 11) is -2.45. The van der Waals surface area contributed by atoms with Gasteiger partial charge < -0.3 is 9.47 Å². The maximum absolute atomic E-state index is 12.3. The Labute approximate surface area is 153 Å². The maximum atomic E-state index is 12.3. The van der Waals surface area contributed by atoms with Crippen LogP contribution in [0.3, 0.4) is 0 Å². The molecule has 3 rings (SSSR count). The molecule has 0 spiro atoms. The second kappa shape index (κ2) is 7.64. The standard InChI is InChI=1S/C15H14N4O5S2/c1-23-10-5-7-11(8-6-10)24-9-14(20)16-19-26(21,22)13-4-2-3-12-15(13)18-25-17-12/h2-8,19H,9H2,1H3,(H,16,20). The topological polar surface area (TPSA) is 120 Å². The Morgan fingerprint density at radius 1 is 1.12 bits per heavy atom. The highest BCUT2D eigenvalue weighted by Gasteiger charge is 2.20. The Balaban J connectivity index is 1.58. The molecule has 9 nitrogen and oxygen atoms in total. The average Bonchev–Trinajstić information content (AvgIpc) is 3.14. The van der Waals surface area contributed by atoms with Gasteiger partial charge in [0.1, 0.15) is 27.4 Å². The van der Waals surface area contributed by atoms with Crippen LogP contribution in [0.1, 0.15) is 0 Å². The average molecular weight is 394 g/mol. The van der Waals surface area contributed by atoms with Gasteiger partial charge in [0.05, 0.1) is 18.8 Å². The van der Waals surface area contributed by atoms with Gasteiger partial charge in [0.15, 0.2) is 6.61 Å². The van der Waals surface area contributed by atoms with Gasteiger partial charge in [0.25, 0.3) is 15.9 Å². The van der Waals surface area contributed by atoms with E-state index in [1.807, 2.05) is 4.83 Å². The summed E-state index contributed by atoms with van der Waals surface area (Å²) in [5, 5.41) is 0. The lowest BCUT2D eigenvalue weighted by Crippen LogP contribution is -2.43. The summed E-state index contributed by atoms with van der Waals surface area (Å²) in [6.45, 7) is -0.364. The van der Waals surface area contributed by atoms with E-state index in [-0.39, 0.29) is 17.0 Å². The molecule has 0 aliphatic rings. The van der Waals surface area contributed by atoms with Crippen LogP contribution in [0.25, 0.3) is 11.0 Å². The molecule has 0 saturated heterocycles. The van der Waals surface area contributed by atoms with Crippen molar-refractivity contribution >= 4 is 38.7 Å². The number of fused-ring (bicyclic) bond motifs is 1. The third-order valence-electron chi connectivity index (χ3n) is 3.29. The predicted octanol–water partition coefficient (Wildman–Crippen LogP) is 1.09. The summed E-state index contributed by atoms with van der Waals surface area (Å²) < 4.78 is 42.9. The Kier molecular flexibility index (Phi) is 5.30. The largest absolute Gasteiger partial charge is 0.497 e. The lowest BCUT2D eigenvalue weighted by Gasteiger charge is -2.10. The van der Waals surface area contributed by atoms with Gasteiger partial charge in [0.2, 0.25) is 0 Å². The molecule has 2 aromatic carbocycles. The van der Waals surface area contributed by atoms with Crippen LogP contribution in [0.15, 0.2) is 47.4 Å². The zero-order chi connectivity index (χ0) is 18.6. The van der Waals surface area contributed by atoms with Crippen LogP contribution in [0.5, 0.6) is 11.5 Å². The van der Waals surface area contributed by atoms with Crippen LogP contribution < -0.4 is 19.7 Å². The van der Waals surface area contributed by atoms with Crippen LogP contribution in [-0.4, -0.2) is 36.8 Å². The number of nitrogens with zero attached hydrogens (tertiary/aromatic N) is 2. The summed E-state index contributed by atoms with van der Waals surface area (Å²) >= 11 is 0.907. The molecule has 1 heterocycles. The molecular formula is C15H14N4O5S2. The van der Waals surface area contributed by atoms with Gasteiger partial charge in [-0.15, -0.1) is 4.83 Å². The first kappa shape index (κ1) is 18.0. The van der Waals surface area contributed by atoms with Crippen molar-refractivity contribution < 1.29 is 22.7 Å². The molecule has 0 radical (unpaired) electrons. The maximum Gasteiger partial charge on any atom is 0.272 e. The molecule has 0 fully saturated rings. The van der Waals surface area contributed by atoms with E-state index in [9.17, 15) is 13.2 Å². The van der Waals surface area contributed by atoms with Gasteiger partial charge in [-0.25, -0.2) is 8.42 Å². The lowest BCUT2D eigenvalue weighted by molar-refractivity contribution is -0.123. The number of carbonyl (C=O) groups is 1. The third kappa shape index (κ3) is 4.07. The molecule has 0 unspecified atom stereocenters. The molecular weight excluding hydrogens is 380 g/mol. The molecule has 0 aliphatic heterocycles. The molecule has 1 amide bonds. The van der Waals surface area contributed by atoms with Crippen LogP contribution in [0, 0.1) is 0 Å². The molecule has 0 bridgehead atoms. The van der Waals surface area contributed by atoms with Crippen molar-refractivity contribution in [2.75, 3.05) is 13.7 Å². The second-order valence-corrected chi connectivity index (χ2v) is 7.19. The highest BCUT2D eigenvalue weighted by Crippen LogP contribution is 2.20. The molecule has 11 heteroatoms. The molecule has 3 aromatic rings. The quantitative estimate of drug-likeness (QED) is 0.576. The van der Waals surface area contributed by atoms with E-state index in [1.165, 1.54) is 13.2 Å². The van der Waals surface area contributed by atoms with Crippen molar-refractivity contribution in [3.05, 3.63) is 42.5 Å². The van der Waals surface area contributed by atoms with E-state index >= 15 is 0 Å². The number of rotatable bonds is 7. The van der Waals surface area contributed by atoms with Crippen LogP contribution in [-0.2, 0) is 14.8 Å². The number of hydrogen-bond acceptors (Lipinski definition) is 8. The summed E-state index contributed by atoms with van der Waals surface area (Å²) in [6.07, 6.45) is 0. The van der Waals surface area contributed by atoms with Gasteiger partial charge in [-0.3, -0.25) is 10.2 Å². The van der Waals surface area contributed by atoms with Crippen molar-refractivity contribution in [1.29, 1.82) is 0 Å². The first-order chi connectivity index (χ1) is 12.5. The second-order valence-electron chi connectivity index (χ2n) is 5.01. The fraction of sp³-hybridized carbons (Fsp3) is 0.133. The zero-order valence-electron chi connectivity index (χ0n) is 13.5. The van der Waals surface area contributed by atoms with E-state index in [0.29, 0.717) is 17.0 Å². The summed E-state index contributed by atoms with van der Waals surface area (Å²) in [5.41, 5.74) is 2.81. The van der Waals surface area contributed by atoms with Crippen molar-refractivity contribution in [3.8, 4) is 11.5 Å². The third-order valence-corrected chi connectivity index (χ3v) is 5.11. The van der Waals surface area contributed by atoms with Gasteiger partial charge in [-0.2, -0.15) is 8.75 Å². The molecule has 0 saturated carbocycles. The molecule has 136 valence electrons. The first-order valence-electron chi connectivity index (χ1n) is 7.28. The molecule has 26 heavy (non-hydrogen) atoms. The number of benzene rings is 2. The predicted molar refractivity (Wildman–Crippen MR) is 94.4 cm³/mol. The number of ether oxygens (including phenoxy) is 2. The van der Waals surface area contributed by atoms with Gasteiger partial charge in [-0.05, 0) is 36.4 Å². The van der Waals surface area contributed by atoms with Crippen LogP contribution in [0.4, 0.5) is 0 Å². The number of methoxy groups -OCH3 is 1. The number of hydrogen-bond donors (Lipinski definition) is 2. The Hall–Kier alpha value is -2.76. The fourth-order valence-electron chi connectivity index (χ4n) is 2.03. The van der Waals surface area contributed by atoms with Crippen molar-refractivity contribution in [3.63, 3.8) is 0 Å². The highest BCUT2D eigenvalue weighted by molar-refractivity contribution is 7.89. The number of nitrogens with one attached hydrogen (secondary N) is 2. The summed E-state index contributed by atoms with van der Waals surface area (Å²) in [5.74, 6) is 0.440. The number of aromatic nitrogens is 2. The molecule has 2 N–H and O–H groups in total. The Morgan fingerprint density at radius 3 is 2.58 bits per heavy atom. The van der Waals surface area contributed by atoms with E-state index in [4.69, 9.17) is 9.47 Å². The van der Waals surface area contributed by atoms with Gasteiger partial charge >= 0.3 is 0 Å². The van der Waals surface area contributed by atoms with E-state index in [1.54, 1.807) is 36.4 Å². The lowest BCUT2D eigenvalue weighted by atomic mass is 10.3. The van der Waals surface area contributed by atoms with E-state index < -0.39 is 15.9 Å². The van der Waals surface area contributed by atoms with E-state index in [0.717, 1.165) is 11.7 Å². The summed E-state index contributed by atoms with van der Waals surface area (Å²) in [6, 6.07) is 11.2. The first-order valence-corrected chi connectivity index (χ1v) is 9.50. The van der Waals surface area contributed by atoms with Crippen LogP contribution in [0.2, 0.25) is 0 Å². The van der Waals surface area contributed by atoms with E-state index in [2.05, 4.69) is 14.2 Å². The number of carbonyl (C=O) groups excluding carboxylic acids is 1. The Morgan fingerprint density at radius 2 is 1.85 bits per heavy atom. The minimum atomic E-state index is -3.99. The SMILES string of the molecule is COc1ccc(OCC(=O)NNS(=O)(=O)c2cccc3nsnc23)cc1. The highest BCUT2D eigenvalue weighted by atomic mass is 32.2. The number of hydrazine groups is 1. The number of sulfonamides is 1. The smallest absolute Gasteiger partial charge is 0.272 e. The van der Waals surface area contributed by atoms with Crippen LogP contribution >= 0.6 is 11.7 Å². The number of amides is 1. The minimum Gasteiger partial charge on any atom is -0.497 e. The minimum absolute atomic E-state index is 0.0693. The van der Waals surface area contributed by atoms with Gasteiger partial charge in [0, 0.05) is 0 Å². The monoisotopic (exact) mass is 394 g/mol. The van der Waals surface area contributed by atoms with Crippen molar-refractivity contribution in [2.24, 2.45) is 0 Å². The summed E-state index contributed by atoms with van der Waals surface area (Å²) in [4.78, 5) is 13.8. The van der Waals surface area contributed by atoms with Crippen molar-refractivity contribution in [1.82, 2.24) is 19.0 Å².